The molecule has 0 atom stereocenters. The van der Waals surface area contributed by atoms with Crippen molar-refractivity contribution in [3.05, 3.63) is 28.7 Å². The Morgan fingerprint density at radius 1 is 1.45 bits per heavy atom. The lowest BCUT2D eigenvalue weighted by molar-refractivity contribution is 0.425. The highest BCUT2D eigenvalue weighted by atomic mass is 16.4. The molecule has 0 spiro atoms. The SMILES string of the molecule is Cn1cc(B(O)O)ccc1=O. The lowest BCUT2D eigenvalue weighted by atomic mass is 9.82. The van der Waals surface area contributed by atoms with Gasteiger partial charge in [-0.25, -0.2) is 0 Å². The quantitative estimate of drug-likeness (QED) is 0.461. The zero-order chi connectivity index (χ0) is 8.43. The first kappa shape index (κ1) is 8.04. The van der Waals surface area contributed by atoms with Crippen LogP contribution in [0.2, 0.25) is 0 Å². The van der Waals surface area contributed by atoms with E-state index < -0.39 is 7.12 Å². The molecule has 5 heteroatoms. The molecular weight excluding hydrogens is 145 g/mol. The first-order chi connectivity index (χ1) is 5.11. The van der Waals surface area contributed by atoms with Crippen molar-refractivity contribution < 1.29 is 10.0 Å². The molecule has 0 unspecified atom stereocenters. The lowest BCUT2D eigenvalue weighted by Gasteiger charge is -2.00. The van der Waals surface area contributed by atoms with Crippen molar-refractivity contribution in [3.8, 4) is 0 Å². The third-order valence-corrected chi connectivity index (χ3v) is 1.41. The van der Waals surface area contributed by atoms with Crippen LogP contribution in [0, 0.1) is 0 Å². The summed E-state index contributed by atoms with van der Waals surface area (Å²) in [5.41, 5.74) is 0.140. The fourth-order valence-electron chi connectivity index (χ4n) is 0.768. The molecule has 1 aromatic heterocycles. The lowest BCUT2D eigenvalue weighted by Crippen LogP contribution is -2.33. The standard InChI is InChI=1S/C6H8BNO3/c1-8-4-5(7(10)11)2-3-6(8)9/h2-4,10-11H,1H3. The number of aromatic nitrogens is 1. The topological polar surface area (TPSA) is 62.5 Å². The Morgan fingerprint density at radius 2 is 2.09 bits per heavy atom. The second-order valence-corrected chi connectivity index (χ2v) is 2.29. The molecule has 2 N–H and O–H groups in total. The fraction of sp³-hybridized carbons (Fsp3) is 0.167. The van der Waals surface area contributed by atoms with Gasteiger partial charge >= 0.3 is 7.12 Å². The molecule has 0 aromatic carbocycles. The van der Waals surface area contributed by atoms with E-state index in [1.165, 1.54) is 22.9 Å². The molecule has 0 aliphatic rings. The maximum Gasteiger partial charge on any atom is 0.489 e. The molecular formula is C6H8BNO3. The third kappa shape index (κ3) is 1.69. The monoisotopic (exact) mass is 153 g/mol. The van der Waals surface area contributed by atoms with Gasteiger partial charge in [-0.3, -0.25) is 4.79 Å². The van der Waals surface area contributed by atoms with E-state index in [0.717, 1.165) is 0 Å². The molecule has 1 rings (SSSR count). The number of rotatable bonds is 1. The van der Waals surface area contributed by atoms with E-state index in [1.807, 2.05) is 0 Å². The van der Waals surface area contributed by atoms with Crippen LogP contribution in [0.15, 0.2) is 23.1 Å². The Labute approximate surface area is 63.9 Å². The molecule has 0 bridgehead atoms. The zero-order valence-corrected chi connectivity index (χ0v) is 6.06. The van der Waals surface area contributed by atoms with Gasteiger partial charge in [-0.1, -0.05) is 6.07 Å². The Hall–Kier alpha value is -1.07. The van der Waals surface area contributed by atoms with Crippen LogP contribution in [0.5, 0.6) is 0 Å². The maximum absolute atomic E-state index is 10.8. The number of aryl methyl sites for hydroxylation is 1. The van der Waals surface area contributed by atoms with Crippen molar-refractivity contribution in [1.29, 1.82) is 0 Å². The average Bonchev–Trinajstić information content (AvgIpc) is 1.94. The molecule has 0 amide bonds. The summed E-state index contributed by atoms with van der Waals surface area (Å²) >= 11 is 0. The largest absolute Gasteiger partial charge is 0.489 e. The Kier molecular flexibility index (Phi) is 2.12. The maximum atomic E-state index is 10.8. The molecule has 4 nitrogen and oxygen atoms in total. The van der Waals surface area contributed by atoms with Crippen molar-refractivity contribution in [2.24, 2.45) is 7.05 Å². The molecule has 0 fully saturated rings. The molecule has 0 saturated heterocycles. The van der Waals surface area contributed by atoms with Crippen molar-refractivity contribution in [3.63, 3.8) is 0 Å². The van der Waals surface area contributed by atoms with E-state index in [2.05, 4.69) is 0 Å². The van der Waals surface area contributed by atoms with Crippen LogP contribution in [0.3, 0.4) is 0 Å². The van der Waals surface area contributed by atoms with Crippen LogP contribution in [-0.4, -0.2) is 21.7 Å². The number of nitrogens with zero attached hydrogens (tertiary/aromatic N) is 1. The number of hydrogen-bond acceptors (Lipinski definition) is 3. The second-order valence-electron chi connectivity index (χ2n) is 2.29. The third-order valence-electron chi connectivity index (χ3n) is 1.41. The van der Waals surface area contributed by atoms with Crippen molar-refractivity contribution in [1.82, 2.24) is 4.57 Å². The predicted octanol–water partition coefficient (Wildman–Crippen LogP) is -1.93. The van der Waals surface area contributed by atoms with Crippen molar-refractivity contribution >= 4 is 12.6 Å². The normalized spacial score (nSPS) is 9.73. The first-order valence-corrected chi connectivity index (χ1v) is 3.14. The van der Waals surface area contributed by atoms with Crippen LogP contribution in [0.25, 0.3) is 0 Å². The summed E-state index contributed by atoms with van der Waals surface area (Å²) in [4.78, 5) is 10.8. The Bertz CT molecular complexity index is 307. The smallest absolute Gasteiger partial charge is 0.423 e. The van der Waals surface area contributed by atoms with Crippen LogP contribution in [-0.2, 0) is 7.05 Å². The van der Waals surface area contributed by atoms with E-state index in [-0.39, 0.29) is 5.56 Å². The van der Waals surface area contributed by atoms with Gasteiger partial charge in [0.05, 0.1) is 0 Å². The van der Waals surface area contributed by atoms with E-state index in [0.29, 0.717) is 5.46 Å². The van der Waals surface area contributed by atoms with E-state index in [4.69, 9.17) is 10.0 Å². The minimum Gasteiger partial charge on any atom is -0.423 e. The molecule has 0 aliphatic heterocycles. The van der Waals surface area contributed by atoms with E-state index in [1.54, 1.807) is 7.05 Å². The zero-order valence-electron chi connectivity index (χ0n) is 6.06. The second kappa shape index (κ2) is 2.90. The number of hydrogen-bond donors (Lipinski definition) is 2. The summed E-state index contributed by atoms with van der Waals surface area (Å²) in [6.07, 6.45) is 1.38. The molecule has 1 heterocycles. The minimum absolute atomic E-state index is 0.172. The molecule has 0 radical (unpaired) electrons. The first-order valence-electron chi connectivity index (χ1n) is 3.14. The van der Waals surface area contributed by atoms with E-state index in [9.17, 15) is 4.79 Å². The summed E-state index contributed by atoms with van der Waals surface area (Å²) in [7, 11) is 0.0376. The fourth-order valence-corrected chi connectivity index (χ4v) is 0.768. The van der Waals surface area contributed by atoms with Gasteiger partial charge in [0.15, 0.2) is 0 Å². The summed E-state index contributed by atoms with van der Waals surface area (Å²) < 4.78 is 1.29. The van der Waals surface area contributed by atoms with Crippen molar-refractivity contribution in [2.75, 3.05) is 0 Å². The molecule has 1 aromatic rings. The summed E-state index contributed by atoms with van der Waals surface area (Å²) in [6.45, 7) is 0. The van der Waals surface area contributed by atoms with E-state index >= 15 is 0 Å². The number of pyridine rings is 1. The van der Waals surface area contributed by atoms with Gasteiger partial charge in [0, 0.05) is 19.3 Å². The van der Waals surface area contributed by atoms with Crippen LogP contribution in [0.1, 0.15) is 0 Å². The Morgan fingerprint density at radius 3 is 2.55 bits per heavy atom. The van der Waals surface area contributed by atoms with Gasteiger partial charge in [-0.2, -0.15) is 0 Å². The van der Waals surface area contributed by atoms with Crippen LogP contribution < -0.4 is 11.0 Å². The molecule has 0 aliphatic carbocycles. The molecule has 0 saturated carbocycles. The van der Waals surface area contributed by atoms with Gasteiger partial charge in [0.1, 0.15) is 0 Å². The van der Waals surface area contributed by atoms with Gasteiger partial charge in [-0.15, -0.1) is 0 Å². The average molecular weight is 153 g/mol. The minimum atomic E-state index is -1.51. The highest BCUT2D eigenvalue weighted by Gasteiger charge is 2.10. The van der Waals surface area contributed by atoms with Gasteiger partial charge < -0.3 is 14.6 Å². The summed E-state index contributed by atoms with van der Waals surface area (Å²) in [6, 6.07) is 2.67. The van der Waals surface area contributed by atoms with Crippen LogP contribution >= 0.6 is 0 Å². The van der Waals surface area contributed by atoms with Gasteiger partial charge in [-0.05, 0) is 5.46 Å². The van der Waals surface area contributed by atoms with Crippen molar-refractivity contribution in [2.45, 2.75) is 0 Å². The highest BCUT2D eigenvalue weighted by molar-refractivity contribution is 6.58. The summed E-state index contributed by atoms with van der Waals surface area (Å²) in [5, 5.41) is 17.4. The van der Waals surface area contributed by atoms with Crippen LogP contribution in [0.4, 0.5) is 0 Å². The van der Waals surface area contributed by atoms with Gasteiger partial charge in [0.2, 0.25) is 5.56 Å². The molecule has 11 heavy (non-hydrogen) atoms. The van der Waals surface area contributed by atoms with Gasteiger partial charge in [0.25, 0.3) is 0 Å². The predicted molar refractivity (Wildman–Crippen MR) is 41.5 cm³/mol. The highest BCUT2D eigenvalue weighted by Crippen LogP contribution is 1.76. The molecule has 58 valence electrons. The Balaban J connectivity index is 3.15. The summed E-state index contributed by atoms with van der Waals surface area (Å²) in [5.74, 6) is 0.